The lowest BCUT2D eigenvalue weighted by Gasteiger charge is -2.28. The molecule has 3 aromatic rings. The Balaban J connectivity index is 1.39. The normalized spacial score (nSPS) is 13.9. The van der Waals surface area contributed by atoms with Crippen molar-refractivity contribution in [2.24, 2.45) is 0 Å². The van der Waals surface area contributed by atoms with Gasteiger partial charge in [0.15, 0.2) is 0 Å². The lowest BCUT2D eigenvalue weighted by atomic mass is 10.1. The van der Waals surface area contributed by atoms with Gasteiger partial charge in [0, 0.05) is 30.2 Å². The Morgan fingerprint density at radius 2 is 1.79 bits per heavy atom. The molecule has 1 aromatic heterocycles. The quantitative estimate of drug-likeness (QED) is 0.685. The third-order valence-electron chi connectivity index (χ3n) is 4.97. The van der Waals surface area contributed by atoms with E-state index in [1.807, 2.05) is 56.3 Å². The van der Waals surface area contributed by atoms with Crippen LogP contribution in [0.15, 0.2) is 46.9 Å². The number of hydrogen-bond acceptors (Lipinski definition) is 7. The molecule has 4 rings (SSSR count). The minimum Gasteiger partial charge on any atom is -0.399 e. The van der Waals surface area contributed by atoms with Crippen LogP contribution in [0.3, 0.4) is 0 Å². The first-order valence-corrected chi connectivity index (χ1v) is 9.51. The fourth-order valence-corrected chi connectivity index (χ4v) is 3.13. The molecule has 0 unspecified atom stereocenters. The summed E-state index contributed by atoms with van der Waals surface area (Å²) in [5, 5.41) is 13.6. The van der Waals surface area contributed by atoms with Crippen LogP contribution in [0.4, 0.5) is 23.1 Å². The predicted octanol–water partition coefficient (Wildman–Crippen LogP) is 3.52. The standard InChI is InChI=1S/C21H23N5O3/c1-14-4-3-5-18(15(14)2)23-21-25-24-20(29-21)19(27)22-16-6-8-17(9-7-16)26-10-12-28-13-11-26/h3-9H,10-13H2,1-2H3,(H,22,27)(H,23,25). The molecule has 0 aliphatic carbocycles. The number of hydrogen-bond donors (Lipinski definition) is 2. The van der Waals surface area contributed by atoms with Crippen molar-refractivity contribution in [1.29, 1.82) is 0 Å². The molecular formula is C21H23N5O3. The van der Waals surface area contributed by atoms with Gasteiger partial charge in [-0.2, -0.15) is 0 Å². The summed E-state index contributed by atoms with van der Waals surface area (Å²) in [6, 6.07) is 13.7. The molecule has 8 heteroatoms. The zero-order chi connectivity index (χ0) is 20.2. The van der Waals surface area contributed by atoms with E-state index in [0.717, 1.165) is 48.8 Å². The average Bonchev–Trinajstić information content (AvgIpc) is 3.21. The van der Waals surface area contributed by atoms with Crippen LogP contribution in [0.25, 0.3) is 0 Å². The lowest BCUT2D eigenvalue weighted by Crippen LogP contribution is -2.36. The van der Waals surface area contributed by atoms with E-state index in [0.29, 0.717) is 5.69 Å². The number of carbonyl (C=O) groups is 1. The third kappa shape index (κ3) is 4.38. The minimum absolute atomic E-state index is 0.102. The number of anilines is 4. The Morgan fingerprint density at radius 1 is 1.03 bits per heavy atom. The Labute approximate surface area is 168 Å². The maximum Gasteiger partial charge on any atom is 0.320 e. The van der Waals surface area contributed by atoms with Gasteiger partial charge in [-0.05, 0) is 55.3 Å². The minimum atomic E-state index is -0.453. The van der Waals surface area contributed by atoms with Crippen LogP contribution < -0.4 is 15.5 Å². The first-order valence-electron chi connectivity index (χ1n) is 9.51. The van der Waals surface area contributed by atoms with Gasteiger partial charge in [-0.15, -0.1) is 5.10 Å². The number of amides is 1. The van der Waals surface area contributed by atoms with Crippen LogP contribution in [0, 0.1) is 13.8 Å². The highest BCUT2D eigenvalue weighted by molar-refractivity contribution is 6.01. The zero-order valence-corrected chi connectivity index (χ0v) is 16.4. The number of morpholine rings is 1. The second-order valence-electron chi connectivity index (χ2n) is 6.89. The molecule has 0 bridgehead atoms. The van der Waals surface area contributed by atoms with Gasteiger partial charge in [0.2, 0.25) is 0 Å². The first kappa shape index (κ1) is 18.9. The van der Waals surface area contributed by atoms with E-state index in [1.165, 1.54) is 0 Å². The summed E-state index contributed by atoms with van der Waals surface area (Å²) < 4.78 is 10.8. The summed E-state index contributed by atoms with van der Waals surface area (Å²) in [5.41, 5.74) is 4.85. The molecule has 0 spiro atoms. The van der Waals surface area contributed by atoms with Gasteiger partial charge in [-0.3, -0.25) is 4.79 Å². The fraction of sp³-hybridized carbons (Fsp3) is 0.286. The van der Waals surface area contributed by atoms with Crippen molar-refractivity contribution in [3.05, 3.63) is 59.5 Å². The van der Waals surface area contributed by atoms with Crippen LogP contribution in [-0.2, 0) is 4.74 Å². The summed E-state index contributed by atoms with van der Waals surface area (Å²) >= 11 is 0. The van der Waals surface area contributed by atoms with Gasteiger partial charge in [0.05, 0.1) is 13.2 Å². The highest BCUT2D eigenvalue weighted by atomic mass is 16.5. The molecule has 0 atom stereocenters. The highest BCUT2D eigenvalue weighted by Gasteiger charge is 2.16. The molecule has 0 radical (unpaired) electrons. The largest absolute Gasteiger partial charge is 0.399 e. The van der Waals surface area contributed by atoms with E-state index in [2.05, 4.69) is 25.7 Å². The van der Waals surface area contributed by atoms with Gasteiger partial charge in [0.1, 0.15) is 0 Å². The molecule has 2 N–H and O–H groups in total. The highest BCUT2D eigenvalue weighted by Crippen LogP contribution is 2.23. The van der Waals surface area contributed by atoms with Crippen molar-refractivity contribution in [2.45, 2.75) is 13.8 Å². The molecule has 0 saturated carbocycles. The molecule has 1 aliphatic heterocycles. The summed E-state index contributed by atoms with van der Waals surface area (Å²) in [5.74, 6) is -0.555. The Kier molecular flexibility index (Phi) is 5.44. The Bertz CT molecular complexity index is 994. The molecule has 8 nitrogen and oxygen atoms in total. The van der Waals surface area contributed by atoms with Crippen LogP contribution >= 0.6 is 0 Å². The van der Waals surface area contributed by atoms with E-state index >= 15 is 0 Å². The SMILES string of the molecule is Cc1cccc(Nc2nnc(C(=O)Nc3ccc(N4CCOCC4)cc3)o2)c1C. The average molecular weight is 393 g/mol. The summed E-state index contributed by atoms with van der Waals surface area (Å²) in [6.45, 7) is 7.22. The molecular weight excluding hydrogens is 370 g/mol. The second-order valence-corrected chi connectivity index (χ2v) is 6.89. The molecule has 29 heavy (non-hydrogen) atoms. The summed E-state index contributed by atoms with van der Waals surface area (Å²) in [6.07, 6.45) is 0. The number of ether oxygens (including phenoxy) is 1. The van der Waals surface area contributed by atoms with Gasteiger partial charge in [0.25, 0.3) is 0 Å². The van der Waals surface area contributed by atoms with Crippen molar-refractivity contribution < 1.29 is 13.9 Å². The van der Waals surface area contributed by atoms with Gasteiger partial charge >= 0.3 is 17.8 Å². The van der Waals surface area contributed by atoms with E-state index in [-0.39, 0.29) is 11.9 Å². The van der Waals surface area contributed by atoms with E-state index in [9.17, 15) is 4.79 Å². The smallest absolute Gasteiger partial charge is 0.320 e. The molecule has 2 aromatic carbocycles. The van der Waals surface area contributed by atoms with Gasteiger partial charge in [-0.1, -0.05) is 17.2 Å². The van der Waals surface area contributed by atoms with Crippen molar-refractivity contribution in [2.75, 3.05) is 41.8 Å². The van der Waals surface area contributed by atoms with Gasteiger partial charge in [-0.25, -0.2) is 0 Å². The van der Waals surface area contributed by atoms with Crippen LogP contribution in [-0.4, -0.2) is 42.4 Å². The second kappa shape index (κ2) is 8.32. The maximum atomic E-state index is 12.4. The van der Waals surface area contributed by atoms with Crippen molar-refractivity contribution in [3.8, 4) is 0 Å². The van der Waals surface area contributed by atoms with E-state index in [1.54, 1.807) is 0 Å². The monoisotopic (exact) mass is 393 g/mol. The van der Waals surface area contributed by atoms with Crippen molar-refractivity contribution >= 4 is 29.0 Å². The number of nitrogens with one attached hydrogen (secondary N) is 2. The molecule has 1 saturated heterocycles. The van der Waals surface area contributed by atoms with Crippen molar-refractivity contribution in [3.63, 3.8) is 0 Å². The predicted molar refractivity (Wildman–Crippen MR) is 111 cm³/mol. The summed E-state index contributed by atoms with van der Waals surface area (Å²) in [4.78, 5) is 14.7. The topological polar surface area (TPSA) is 92.5 Å². The number of aryl methyl sites for hydroxylation is 1. The molecule has 1 amide bonds. The fourth-order valence-electron chi connectivity index (χ4n) is 3.13. The molecule has 2 heterocycles. The molecule has 150 valence electrons. The Morgan fingerprint density at radius 3 is 2.55 bits per heavy atom. The maximum absolute atomic E-state index is 12.4. The molecule has 1 fully saturated rings. The Hall–Kier alpha value is -3.39. The number of carbonyl (C=O) groups excluding carboxylic acids is 1. The number of benzene rings is 2. The van der Waals surface area contributed by atoms with Crippen LogP contribution in [0.1, 0.15) is 21.8 Å². The molecule has 1 aliphatic rings. The third-order valence-corrected chi connectivity index (χ3v) is 4.97. The zero-order valence-electron chi connectivity index (χ0n) is 16.4. The number of aromatic nitrogens is 2. The lowest BCUT2D eigenvalue weighted by molar-refractivity contribution is 0.0991. The summed E-state index contributed by atoms with van der Waals surface area (Å²) in [7, 11) is 0. The van der Waals surface area contributed by atoms with E-state index < -0.39 is 5.91 Å². The van der Waals surface area contributed by atoms with E-state index in [4.69, 9.17) is 9.15 Å². The first-order chi connectivity index (χ1) is 14.1. The van der Waals surface area contributed by atoms with Crippen LogP contribution in [0.2, 0.25) is 0 Å². The van der Waals surface area contributed by atoms with Crippen molar-refractivity contribution in [1.82, 2.24) is 10.2 Å². The van der Waals surface area contributed by atoms with Gasteiger partial charge < -0.3 is 24.7 Å². The van der Waals surface area contributed by atoms with Crippen LogP contribution in [0.5, 0.6) is 0 Å². The number of nitrogens with zero attached hydrogens (tertiary/aromatic N) is 3. The number of rotatable bonds is 5.